The van der Waals surface area contributed by atoms with E-state index in [1.807, 2.05) is 4.90 Å². The molecule has 0 N–H and O–H groups in total. The summed E-state index contributed by atoms with van der Waals surface area (Å²) in [5.74, 6) is 2.90. The Bertz CT molecular complexity index is 572. The number of amides is 1. The number of hydrogen-bond acceptors (Lipinski definition) is 4. The van der Waals surface area contributed by atoms with Gasteiger partial charge in [0.05, 0.1) is 6.10 Å². The molecule has 1 aromatic heterocycles. The Balaban J connectivity index is 1.25. The lowest BCUT2D eigenvalue weighted by atomic mass is 9.96. The van der Waals surface area contributed by atoms with Crippen molar-refractivity contribution in [3.8, 4) is 0 Å². The quantitative estimate of drug-likeness (QED) is 0.849. The lowest BCUT2D eigenvalue weighted by molar-refractivity contribution is -0.139. The Morgan fingerprint density at radius 1 is 1.00 bits per heavy atom. The van der Waals surface area contributed by atoms with E-state index in [1.54, 1.807) is 0 Å². The molecule has 0 unspecified atom stereocenters. The molecule has 1 aliphatic carbocycles. The summed E-state index contributed by atoms with van der Waals surface area (Å²) in [7, 11) is 0. The number of aromatic nitrogens is 3. The van der Waals surface area contributed by atoms with Crippen molar-refractivity contribution in [3.05, 3.63) is 11.6 Å². The van der Waals surface area contributed by atoms with E-state index in [-0.39, 0.29) is 12.5 Å². The van der Waals surface area contributed by atoms with Crippen LogP contribution >= 0.6 is 0 Å². The second kappa shape index (κ2) is 7.21. The summed E-state index contributed by atoms with van der Waals surface area (Å²) in [4.78, 5) is 14.4. The number of hydrogen-bond donors (Lipinski definition) is 0. The maximum atomic E-state index is 12.4. The van der Waals surface area contributed by atoms with Gasteiger partial charge in [-0.05, 0) is 32.1 Å². The Morgan fingerprint density at radius 2 is 1.79 bits per heavy atom. The average molecular weight is 332 g/mol. The minimum Gasteiger partial charge on any atom is -0.368 e. The number of carbonyl (C=O) groups is 1. The summed E-state index contributed by atoms with van der Waals surface area (Å²) in [5.41, 5.74) is 0. The van der Waals surface area contributed by atoms with Crippen LogP contribution in [-0.2, 0) is 22.5 Å². The molecule has 0 radical (unpaired) electrons. The van der Waals surface area contributed by atoms with Crippen molar-refractivity contribution in [1.82, 2.24) is 19.7 Å². The predicted octanol–water partition coefficient (Wildman–Crippen LogP) is 2.28. The molecule has 0 bridgehead atoms. The van der Waals surface area contributed by atoms with E-state index in [4.69, 9.17) is 4.74 Å². The number of likely N-dealkylation sites (tertiary alicyclic amines) is 1. The number of aryl methyl sites for hydroxylation is 1. The first kappa shape index (κ1) is 16.1. The third kappa shape index (κ3) is 3.34. The topological polar surface area (TPSA) is 60.2 Å². The zero-order valence-electron chi connectivity index (χ0n) is 14.5. The fourth-order valence-corrected chi connectivity index (χ4v) is 4.37. The lowest BCUT2D eigenvalue weighted by Crippen LogP contribution is -2.41. The first-order chi connectivity index (χ1) is 11.8. The van der Waals surface area contributed by atoms with Gasteiger partial charge in [0.1, 0.15) is 18.3 Å². The smallest absolute Gasteiger partial charge is 0.248 e. The lowest BCUT2D eigenvalue weighted by Gasteiger charge is -2.32. The molecule has 0 spiro atoms. The largest absolute Gasteiger partial charge is 0.368 e. The summed E-state index contributed by atoms with van der Waals surface area (Å²) in [6, 6.07) is 0. The van der Waals surface area contributed by atoms with Crippen LogP contribution in [0.25, 0.3) is 0 Å². The summed E-state index contributed by atoms with van der Waals surface area (Å²) in [5, 5.41) is 8.73. The van der Waals surface area contributed by atoms with Gasteiger partial charge in [-0.1, -0.05) is 19.3 Å². The number of nitrogens with zero attached hydrogens (tertiary/aromatic N) is 4. The normalized spacial score (nSPS) is 22.8. The van der Waals surface area contributed by atoms with Crippen LogP contribution in [0.1, 0.15) is 68.9 Å². The van der Waals surface area contributed by atoms with Gasteiger partial charge in [-0.25, -0.2) is 0 Å². The van der Waals surface area contributed by atoms with Crippen molar-refractivity contribution in [1.29, 1.82) is 0 Å². The van der Waals surface area contributed by atoms with E-state index in [2.05, 4.69) is 14.8 Å². The van der Waals surface area contributed by atoms with Gasteiger partial charge in [0.15, 0.2) is 0 Å². The number of piperidine rings is 1. The minimum atomic E-state index is 0.158. The highest BCUT2D eigenvalue weighted by Gasteiger charge is 2.29. The van der Waals surface area contributed by atoms with Crippen LogP contribution in [0.5, 0.6) is 0 Å². The first-order valence-electron chi connectivity index (χ1n) is 9.62. The zero-order chi connectivity index (χ0) is 16.4. The minimum absolute atomic E-state index is 0.158. The Kier molecular flexibility index (Phi) is 4.83. The summed E-state index contributed by atoms with van der Waals surface area (Å²) >= 11 is 0. The fourth-order valence-electron chi connectivity index (χ4n) is 4.37. The summed E-state index contributed by atoms with van der Waals surface area (Å²) in [6.07, 6.45) is 10.6. The Morgan fingerprint density at radius 3 is 2.58 bits per heavy atom. The molecule has 4 rings (SSSR count). The van der Waals surface area contributed by atoms with Crippen molar-refractivity contribution in [2.45, 2.75) is 76.4 Å². The molecule has 6 heteroatoms. The van der Waals surface area contributed by atoms with Crippen molar-refractivity contribution < 1.29 is 9.53 Å². The highest BCUT2D eigenvalue weighted by Crippen LogP contribution is 2.29. The molecule has 0 atom stereocenters. The molecule has 0 aromatic carbocycles. The predicted molar refractivity (Wildman–Crippen MR) is 89.7 cm³/mol. The number of rotatable bonds is 4. The zero-order valence-corrected chi connectivity index (χ0v) is 14.5. The van der Waals surface area contributed by atoms with E-state index in [9.17, 15) is 4.79 Å². The second-order valence-electron chi connectivity index (χ2n) is 7.46. The van der Waals surface area contributed by atoms with Gasteiger partial charge < -0.3 is 14.2 Å². The van der Waals surface area contributed by atoms with Crippen LogP contribution < -0.4 is 0 Å². The van der Waals surface area contributed by atoms with Crippen LogP contribution in [0.3, 0.4) is 0 Å². The highest BCUT2D eigenvalue weighted by atomic mass is 16.5. The maximum absolute atomic E-state index is 12.4. The SMILES string of the molecule is O=C(COC1CCCCC1)N1CCC(c2nnc3n2CCC3)CC1. The van der Waals surface area contributed by atoms with Crippen LogP contribution in [0.4, 0.5) is 0 Å². The third-order valence-corrected chi connectivity index (χ3v) is 5.85. The molecule has 132 valence electrons. The van der Waals surface area contributed by atoms with Crippen molar-refractivity contribution in [2.24, 2.45) is 0 Å². The van der Waals surface area contributed by atoms with E-state index in [1.165, 1.54) is 25.7 Å². The van der Waals surface area contributed by atoms with Gasteiger partial charge >= 0.3 is 0 Å². The third-order valence-electron chi connectivity index (χ3n) is 5.85. The summed E-state index contributed by atoms with van der Waals surface area (Å²) in [6.45, 7) is 2.96. The number of fused-ring (bicyclic) bond motifs is 1. The average Bonchev–Trinajstić information content (AvgIpc) is 3.24. The summed E-state index contributed by atoms with van der Waals surface area (Å²) < 4.78 is 8.14. The van der Waals surface area contributed by atoms with E-state index < -0.39 is 0 Å². The van der Waals surface area contributed by atoms with Crippen molar-refractivity contribution >= 4 is 5.91 Å². The molecule has 2 aliphatic heterocycles. The number of ether oxygens (including phenoxy) is 1. The van der Waals surface area contributed by atoms with Crippen molar-refractivity contribution in [2.75, 3.05) is 19.7 Å². The maximum Gasteiger partial charge on any atom is 0.248 e. The van der Waals surface area contributed by atoms with E-state index >= 15 is 0 Å². The Labute approximate surface area is 143 Å². The van der Waals surface area contributed by atoms with Gasteiger partial charge in [-0.2, -0.15) is 0 Å². The highest BCUT2D eigenvalue weighted by molar-refractivity contribution is 5.77. The van der Waals surface area contributed by atoms with Crippen LogP contribution in [0.2, 0.25) is 0 Å². The molecule has 1 amide bonds. The molecule has 1 saturated carbocycles. The van der Waals surface area contributed by atoms with Gasteiger partial charge in [-0.3, -0.25) is 4.79 Å². The van der Waals surface area contributed by atoms with Gasteiger partial charge in [0.2, 0.25) is 5.91 Å². The molecule has 2 fully saturated rings. The fraction of sp³-hybridized carbons (Fsp3) is 0.833. The number of carbonyl (C=O) groups excluding carboxylic acids is 1. The van der Waals surface area contributed by atoms with Gasteiger partial charge in [0.25, 0.3) is 0 Å². The second-order valence-corrected chi connectivity index (χ2v) is 7.46. The van der Waals surface area contributed by atoms with E-state index in [0.29, 0.717) is 12.0 Å². The molecular formula is C18H28N4O2. The standard InChI is InChI=1S/C18H28N4O2/c23-17(13-24-15-5-2-1-3-6-15)21-11-8-14(9-12-21)18-20-19-16-7-4-10-22(16)18/h14-15H,1-13H2. The van der Waals surface area contributed by atoms with E-state index in [0.717, 1.165) is 63.4 Å². The Hall–Kier alpha value is -1.43. The molecule has 1 aromatic rings. The molecule has 3 aliphatic rings. The molecule has 6 nitrogen and oxygen atoms in total. The van der Waals surface area contributed by atoms with Crippen molar-refractivity contribution in [3.63, 3.8) is 0 Å². The van der Waals surface area contributed by atoms with Crippen LogP contribution in [0.15, 0.2) is 0 Å². The van der Waals surface area contributed by atoms with Crippen LogP contribution in [-0.4, -0.2) is 51.4 Å². The molecule has 3 heterocycles. The molecular weight excluding hydrogens is 304 g/mol. The van der Waals surface area contributed by atoms with Gasteiger partial charge in [-0.15, -0.1) is 10.2 Å². The first-order valence-corrected chi connectivity index (χ1v) is 9.62. The molecule has 1 saturated heterocycles. The van der Waals surface area contributed by atoms with Gasteiger partial charge in [0, 0.05) is 32.0 Å². The van der Waals surface area contributed by atoms with Crippen LogP contribution in [0, 0.1) is 0 Å². The molecule has 24 heavy (non-hydrogen) atoms. The monoisotopic (exact) mass is 332 g/mol.